The van der Waals surface area contributed by atoms with Crippen LogP contribution in [0, 0.1) is 6.92 Å². The Balaban J connectivity index is 1.82. The van der Waals surface area contributed by atoms with Crippen LogP contribution in [0.3, 0.4) is 0 Å². The third-order valence-electron chi connectivity index (χ3n) is 2.58. The molecular weight excluding hydrogens is 347 g/mol. The Bertz CT molecular complexity index is 703. The van der Waals surface area contributed by atoms with Gasteiger partial charge < -0.3 is 10.1 Å². The molecule has 8 heteroatoms. The average molecular weight is 359 g/mol. The third kappa shape index (κ3) is 4.69. The molecule has 0 bridgehead atoms. The normalized spacial score (nSPS) is 10.3. The summed E-state index contributed by atoms with van der Waals surface area (Å²) in [5.74, 6) is -1.01. The highest BCUT2D eigenvalue weighted by Crippen LogP contribution is 2.29. The van der Waals surface area contributed by atoms with Crippen LogP contribution in [0.2, 0.25) is 10.0 Å². The topological polar surface area (TPSA) is 68.3 Å². The number of nitrogens with zero attached hydrogens (tertiary/aromatic N) is 1. The van der Waals surface area contributed by atoms with E-state index in [2.05, 4.69) is 10.3 Å². The maximum Gasteiger partial charge on any atom is 0.312 e. The molecule has 1 aromatic heterocycles. The molecule has 2 rings (SSSR count). The van der Waals surface area contributed by atoms with Crippen molar-refractivity contribution in [2.24, 2.45) is 0 Å². The van der Waals surface area contributed by atoms with Gasteiger partial charge in [-0.05, 0) is 19.1 Å². The van der Waals surface area contributed by atoms with Crippen LogP contribution in [0.25, 0.3) is 0 Å². The van der Waals surface area contributed by atoms with Crippen molar-refractivity contribution in [3.8, 4) is 0 Å². The van der Waals surface area contributed by atoms with E-state index in [0.29, 0.717) is 16.4 Å². The van der Waals surface area contributed by atoms with E-state index in [0.717, 1.165) is 5.01 Å². The summed E-state index contributed by atoms with van der Waals surface area (Å²) in [5, 5.41) is 5.75. The second-order valence-corrected chi connectivity index (χ2v) is 6.19. The first-order valence-corrected chi connectivity index (χ1v) is 7.89. The van der Waals surface area contributed by atoms with Crippen molar-refractivity contribution in [1.29, 1.82) is 0 Å². The standard InChI is InChI=1S/C14H12Cl2N2O3S/c1-8-17-9(7-22-8)5-13(20)21-6-12(19)18-11-4-2-3-10(15)14(11)16/h2-4,7H,5-6H2,1H3,(H,18,19). The van der Waals surface area contributed by atoms with Gasteiger partial charge in [-0.3, -0.25) is 9.59 Å². The van der Waals surface area contributed by atoms with E-state index < -0.39 is 18.5 Å². The lowest BCUT2D eigenvalue weighted by Gasteiger charge is -2.08. The number of benzene rings is 1. The predicted molar refractivity (Wildman–Crippen MR) is 86.6 cm³/mol. The molecule has 22 heavy (non-hydrogen) atoms. The average Bonchev–Trinajstić information content (AvgIpc) is 2.87. The lowest BCUT2D eigenvalue weighted by atomic mass is 10.3. The van der Waals surface area contributed by atoms with E-state index >= 15 is 0 Å². The van der Waals surface area contributed by atoms with Gasteiger partial charge in [0.2, 0.25) is 0 Å². The first-order chi connectivity index (χ1) is 10.5. The Morgan fingerprint density at radius 1 is 1.36 bits per heavy atom. The van der Waals surface area contributed by atoms with Crippen LogP contribution in [-0.2, 0) is 20.7 Å². The molecule has 0 aliphatic heterocycles. The molecule has 0 aliphatic rings. The van der Waals surface area contributed by atoms with Crippen LogP contribution in [0.1, 0.15) is 10.7 Å². The summed E-state index contributed by atoms with van der Waals surface area (Å²) in [5.41, 5.74) is 0.996. The van der Waals surface area contributed by atoms with Gasteiger partial charge in [-0.15, -0.1) is 11.3 Å². The molecule has 0 atom stereocenters. The number of halogens is 2. The molecule has 0 spiro atoms. The summed E-state index contributed by atoms with van der Waals surface area (Å²) in [6, 6.07) is 4.86. The summed E-state index contributed by atoms with van der Waals surface area (Å²) in [6.07, 6.45) is 0.0372. The van der Waals surface area contributed by atoms with Gasteiger partial charge in [-0.25, -0.2) is 4.98 Å². The molecule has 0 aliphatic carbocycles. The Labute approximate surface area is 141 Å². The van der Waals surface area contributed by atoms with Gasteiger partial charge in [0.15, 0.2) is 6.61 Å². The maximum atomic E-state index is 11.7. The number of nitrogens with one attached hydrogen (secondary N) is 1. The number of thiazole rings is 1. The van der Waals surface area contributed by atoms with Gasteiger partial charge in [-0.2, -0.15) is 0 Å². The molecule has 0 unspecified atom stereocenters. The molecule has 0 saturated heterocycles. The van der Waals surface area contributed by atoms with Gasteiger partial charge in [-0.1, -0.05) is 29.3 Å². The van der Waals surface area contributed by atoms with Crippen LogP contribution < -0.4 is 5.32 Å². The van der Waals surface area contributed by atoms with Gasteiger partial charge >= 0.3 is 5.97 Å². The van der Waals surface area contributed by atoms with Gasteiger partial charge in [0.1, 0.15) is 0 Å². The molecule has 1 aromatic carbocycles. The number of carbonyl (C=O) groups excluding carboxylic acids is 2. The smallest absolute Gasteiger partial charge is 0.312 e. The van der Waals surface area contributed by atoms with Crippen molar-refractivity contribution in [3.63, 3.8) is 0 Å². The fraction of sp³-hybridized carbons (Fsp3) is 0.214. The monoisotopic (exact) mass is 358 g/mol. The minimum absolute atomic E-state index is 0.0372. The van der Waals surface area contributed by atoms with E-state index in [4.69, 9.17) is 27.9 Å². The van der Waals surface area contributed by atoms with E-state index in [-0.39, 0.29) is 11.4 Å². The number of hydrogen-bond acceptors (Lipinski definition) is 5. The second kappa shape index (κ2) is 7.58. The van der Waals surface area contributed by atoms with Crippen molar-refractivity contribution in [2.45, 2.75) is 13.3 Å². The number of rotatable bonds is 5. The fourth-order valence-electron chi connectivity index (χ4n) is 1.62. The number of amides is 1. The number of esters is 1. The van der Waals surface area contributed by atoms with Crippen LogP contribution in [0.15, 0.2) is 23.6 Å². The molecule has 0 radical (unpaired) electrons. The SMILES string of the molecule is Cc1nc(CC(=O)OCC(=O)Nc2cccc(Cl)c2Cl)cs1. The van der Waals surface area contributed by atoms with Crippen molar-refractivity contribution in [2.75, 3.05) is 11.9 Å². The Kier molecular flexibility index (Phi) is 5.76. The van der Waals surface area contributed by atoms with Gasteiger partial charge in [0.05, 0.1) is 32.9 Å². The predicted octanol–water partition coefficient (Wildman–Crippen LogP) is 3.48. The third-order valence-corrected chi connectivity index (χ3v) is 4.22. The van der Waals surface area contributed by atoms with E-state index in [9.17, 15) is 9.59 Å². The van der Waals surface area contributed by atoms with Crippen LogP contribution in [0.5, 0.6) is 0 Å². The summed E-state index contributed by atoms with van der Waals surface area (Å²) in [6.45, 7) is 1.45. The maximum absolute atomic E-state index is 11.7. The van der Waals surface area contributed by atoms with Crippen molar-refractivity contribution >= 4 is 52.1 Å². The van der Waals surface area contributed by atoms with Crippen LogP contribution in [-0.4, -0.2) is 23.5 Å². The number of aryl methyl sites for hydroxylation is 1. The number of aromatic nitrogens is 1. The number of hydrogen-bond donors (Lipinski definition) is 1. The molecule has 1 heterocycles. The number of ether oxygens (including phenoxy) is 1. The van der Waals surface area contributed by atoms with Crippen molar-refractivity contribution < 1.29 is 14.3 Å². The molecule has 1 amide bonds. The summed E-state index contributed by atoms with van der Waals surface area (Å²) in [7, 11) is 0. The largest absolute Gasteiger partial charge is 0.455 e. The highest BCUT2D eigenvalue weighted by molar-refractivity contribution is 7.09. The van der Waals surface area contributed by atoms with Gasteiger partial charge in [0, 0.05) is 5.38 Å². The molecule has 116 valence electrons. The zero-order valence-electron chi connectivity index (χ0n) is 11.6. The molecule has 1 N–H and O–H groups in total. The highest BCUT2D eigenvalue weighted by atomic mass is 35.5. The minimum atomic E-state index is -0.516. The first-order valence-electron chi connectivity index (χ1n) is 6.26. The Hall–Kier alpha value is -1.63. The van der Waals surface area contributed by atoms with Crippen LogP contribution in [0.4, 0.5) is 5.69 Å². The van der Waals surface area contributed by atoms with Gasteiger partial charge in [0.25, 0.3) is 5.91 Å². The van der Waals surface area contributed by atoms with Crippen molar-refractivity contribution in [1.82, 2.24) is 4.98 Å². The fourth-order valence-corrected chi connectivity index (χ4v) is 2.58. The Morgan fingerprint density at radius 3 is 2.82 bits per heavy atom. The number of anilines is 1. The zero-order chi connectivity index (χ0) is 16.1. The van der Waals surface area contributed by atoms with Crippen molar-refractivity contribution in [3.05, 3.63) is 44.3 Å². The molecule has 5 nitrogen and oxygen atoms in total. The molecular formula is C14H12Cl2N2O3S. The van der Waals surface area contributed by atoms with E-state index in [1.807, 2.05) is 6.92 Å². The summed E-state index contributed by atoms with van der Waals surface area (Å²) in [4.78, 5) is 27.5. The van der Waals surface area contributed by atoms with E-state index in [1.165, 1.54) is 11.3 Å². The lowest BCUT2D eigenvalue weighted by Crippen LogP contribution is -2.21. The quantitative estimate of drug-likeness (QED) is 0.830. The lowest BCUT2D eigenvalue weighted by molar-refractivity contribution is -0.146. The molecule has 0 saturated carbocycles. The summed E-state index contributed by atoms with van der Waals surface area (Å²) >= 11 is 13.2. The number of carbonyl (C=O) groups is 2. The van der Waals surface area contributed by atoms with Crippen LogP contribution >= 0.6 is 34.5 Å². The van der Waals surface area contributed by atoms with E-state index in [1.54, 1.807) is 23.6 Å². The summed E-state index contributed by atoms with van der Waals surface area (Å²) < 4.78 is 4.90. The highest BCUT2D eigenvalue weighted by Gasteiger charge is 2.12. The Morgan fingerprint density at radius 2 is 2.14 bits per heavy atom. The minimum Gasteiger partial charge on any atom is -0.455 e. The molecule has 2 aromatic rings. The second-order valence-electron chi connectivity index (χ2n) is 4.34. The molecule has 0 fully saturated rings. The zero-order valence-corrected chi connectivity index (χ0v) is 13.9. The first kappa shape index (κ1) is 16.7.